The number of rotatable bonds is 18. The molecule has 0 saturated heterocycles. The maximum Gasteiger partial charge on any atom is -0.0233 e. The molecule has 0 spiro atoms. The van der Waals surface area contributed by atoms with Crippen LogP contribution in [-0.4, -0.2) is 0 Å². The SMILES string of the molecule is Cc1ccc(CCc2c(CCc3ccc(C)cc3)c(CCc3ccc(C)cc3)c(CCc3ccc(C)cc3)c(CCc3ccc(C)cc3)c2CCc2ccc(C)cc2)cc1. The Morgan fingerprint density at radius 3 is 0.400 bits per heavy atom. The molecule has 0 N–H and O–H groups in total. The van der Waals surface area contributed by atoms with Gasteiger partial charge >= 0.3 is 0 Å². The van der Waals surface area contributed by atoms with Gasteiger partial charge in [0.05, 0.1) is 0 Å². The average molecular weight is 787 g/mol. The molecule has 0 heteroatoms. The van der Waals surface area contributed by atoms with E-state index in [2.05, 4.69) is 187 Å². The number of benzene rings is 7. The van der Waals surface area contributed by atoms with Crippen LogP contribution in [0.2, 0.25) is 0 Å². The molecule has 7 aromatic carbocycles. The van der Waals surface area contributed by atoms with Crippen molar-refractivity contribution in [3.05, 3.63) is 246 Å². The standard InChI is InChI=1S/C60H66/c1-43-7-19-49(20-8-43)31-37-55-56(38-32-50-21-9-44(2)10-22-50)58(40-34-52-25-13-46(4)14-26-52)60(42-36-54-29-17-48(6)18-30-54)59(41-35-53-27-15-47(5)16-28-53)57(55)39-33-51-23-11-45(3)12-24-51/h7-30H,31-42H2,1-6H3. The van der Waals surface area contributed by atoms with Crippen LogP contribution in [0.15, 0.2) is 146 Å². The summed E-state index contributed by atoms with van der Waals surface area (Å²) in [6.07, 6.45) is 12.6. The summed E-state index contributed by atoms with van der Waals surface area (Å²) in [5.41, 5.74) is 26.3. The molecule has 0 atom stereocenters. The van der Waals surface area contributed by atoms with Crippen LogP contribution >= 0.6 is 0 Å². The average Bonchev–Trinajstić information content (AvgIpc) is 3.26. The second kappa shape index (κ2) is 20.7. The van der Waals surface area contributed by atoms with Crippen LogP contribution in [0.5, 0.6) is 0 Å². The molecule has 0 bridgehead atoms. The summed E-state index contributed by atoms with van der Waals surface area (Å²) in [7, 11) is 0. The fourth-order valence-electron chi connectivity index (χ4n) is 9.05. The summed E-state index contributed by atoms with van der Waals surface area (Å²) in [5, 5.41) is 0. The Bertz CT molecular complexity index is 1930. The summed E-state index contributed by atoms with van der Waals surface area (Å²) < 4.78 is 0. The van der Waals surface area contributed by atoms with Crippen molar-refractivity contribution >= 4 is 0 Å². The molecule has 306 valence electrons. The normalized spacial score (nSPS) is 11.3. The first-order chi connectivity index (χ1) is 29.2. The molecule has 0 amide bonds. The van der Waals surface area contributed by atoms with E-state index in [0.717, 1.165) is 77.0 Å². The van der Waals surface area contributed by atoms with E-state index in [4.69, 9.17) is 0 Å². The Morgan fingerprint density at radius 1 is 0.167 bits per heavy atom. The monoisotopic (exact) mass is 787 g/mol. The van der Waals surface area contributed by atoms with Crippen LogP contribution in [0, 0.1) is 41.5 Å². The van der Waals surface area contributed by atoms with Gasteiger partial charge in [-0.2, -0.15) is 0 Å². The fourth-order valence-corrected chi connectivity index (χ4v) is 9.05. The summed E-state index contributed by atoms with van der Waals surface area (Å²) >= 11 is 0. The van der Waals surface area contributed by atoms with Gasteiger partial charge in [-0.3, -0.25) is 0 Å². The smallest absolute Gasteiger partial charge is 0.0233 e. The lowest BCUT2D eigenvalue weighted by atomic mass is 9.76. The van der Waals surface area contributed by atoms with Gasteiger partial charge in [0.1, 0.15) is 0 Å². The summed E-state index contributed by atoms with van der Waals surface area (Å²) in [5.74, 6) is 0. The predicted molar refractivity (Wildman–Crippen MR) is 258 cm³/mol. The summed E-state index contributed by atoms with van der Waals surface area (Å²) in [6.45, 7) is 13.2. The molecule has 0 radical (unpaired) electrons. The van der Waals surface area contributed by atoms with Gasteiger partial charge < -0.3 is 0 Å². The lowest BCUT2D eigenvalue weighted by Crippen LogP contribution is -2.18. The van der Waals surface area contributed by atoms with Gasteiger partial charge in [0.15, 0.2) is 0 Å². The number of hydrogen-bond acceptors (Lipinski definition) is 0. The largest absolute Gasteiger partial charge is 0.0591 e. The zero-order valence-electron chi connectivity index (χ0n) is 37.3. The lowest BCUT2D eigenvalue weighted by molar-refractivity contribution is 0.777. The number of aryl methyl sites for hydroxylation is 12. The van der Waals surface area contributed by atoms with Crippen LogP contribution in [0.4, 0.5) is 0 Å². The Hall–Kier alpha value is -5.46. The van der Waals surface area contributed by atoms with Gasteiger partial charge in [-0.1, -0.05) is 179 Å². The predicted octanol–water partition coefficient (Wildman–Crippen LogP) is 14.2. The van der Waals surface area contributed by atoms with Crippen molar-refractivity contribution < 1.29 is 0 Å². The maximum atomic E-state index is 2.36. The van der Waals surface area contributed by atoms with Gasteiger partial charge in [0.2, 0.25) is 0 Å². The van der Waals surface area contributed by atoms with Crippen LogP contribution in [0.3, 0.4) is 0 Å². The van der Waals surface area contributed by atoms with E-state index < -0.39 is 0 Å². The minimum atomic E-state index is 1.05. The molecule has 0 aliphatic heterocycles. The number of hydrogen-bond donors (Lipinski definition) is 0. The maximum absolute atomic E-state index is 2.36. The Morgan fingerprint density at radius 2 is 0.283 bits per heavy atom. The molecule has 0 aliphatic rings. The minimum Gasteiger partial charge on any atom is -0.0591 e. The Labute approximate surface area is 362 Å². The van der Waals surface area contributed by atoms with Gasteiger partial charge in [-0.25, -0.2) is 0 Å². The molecule has 0 aromatic heterocycles. The highest BCUT2D eigenvalue weighted by molar-refractivity contribution is 5.55. The molecule has 0 nitrogen and oxygen atoms in total. The van der Waals surface area contributed by atoms with Crippen LogP contribution in [0.1, 0.15) is 100 Å². The van der Waals surface area contributed by atoms with E-state index >= 15 is 0 Å². The van der Waals surface area contributed by atoms with E-state index in [9.17, 15) is 0 Å². The minimum absolute atomic E-state index is 1.05. The van der Waals surface area contributed by atoms with Crippen LogP contribution in [-0.2, 0) is 77.0 Å². The molecule has 7 rings (SSSR count). The quantitative estimate of drug-likeness (QED) is 0.0813. The molecular formula is C60H66. The molecule has 0 fully saturated rings. The van der Waals surface area contributed by atoms with Crippen molar-refractivity contribution in [3.63, 3.8) is 0 Å². The van der Waals surface area contributed by atoms with E-state index in [1.807, 2.05) is 0 Å². The van der Waals surface area contributed by atoms with Crippen molar-refractivity contribution in [1.82, 2.24) is 0 Å². The molecule has 60 heavy (non-hydrogen) atoms. The third-order valence-electron chi connectivity index (χ3n) is 12.9. The molecule has 0 heterocycles. The molecular weight excluding hydrogens is 721 g/mol. The van der Waals surface area contributed by atoms with Crippen molar-refractivity contribution in [1.29, 1.82) is 0 Å². The van der Waals surface area contributed by atoms with Gasteiger partial charge in [0, 0.05) is 0 Å². The van der Waals surface area contributed by atoms with Crippen LogP contribution in [0.25, 0.3) is 0 Å². The lowest BCUT2D eigenvalue weighted by Gasteiger charge is -2.28. The first-order valence-electron chi connectivity index (χ1n) is 22.7. The van der Waals surface area contributed by atoms with E-state index in [0.29, 0.717) is 0 Å². The van der Waals surface area contributed by atoms with Crippen molar-refractivity contribution in [2.45, 2.75) is 119 Å². The van der Waals surface area contributed by atoms with Crippen molar-refractivity contribution in [2.75, 3.05) is 0 Å². The highest BCUT2D eigenvalue weighted by atomic mass is 14.3. The highest BCUT2D eigenvalue weighted by Crippen LogP contribution is 2.35. The van der Waals surface area contributed by atoms with Gasteiger partial charge in [-0.05, 0) is 185 Å². The molecule has 0 aliphatic carbocycles. The first kappa shape index (κ1) is 42.7. The topological polar surface area (TPSA) is 0 Å². The third-order valence-corrected chi connectivity index (χ3v) is 12.9. The highest BCUT2D eigenvalue weighted by Gasteiger charge is 2.24. The molecule has 7 aromatic rings. The second-order valence-corrected chi connectivity index (χ2v) is 17.8. The van der Waals surface area contributed by atoms with E-state index in [-0.39, 0.29) is 0 Å². The molecule has 0 saturated carbocycles. The summed E-state index contributed by atoms with van der Waals surface area (Å²) in [6, 6.07) is 55.8. The van der Waals surface area contributed by atoms with E-state index in [1.165, 1.54) is 66.8 Å². The van der Waals surface area contributed by atoms with E-state index in [1.54, 1.807) is 33.4 Å². The second-order valence-electron chi connectivity index (χ2n) is 17.8. The van der Waals surface area contributed by atoms with Crippen molar-refractivity contribution in [2.24, 2.45) is 0 Å². The summed E-state index contributed by atoms with van der Waals surface area (Å²) in [4.78, 5) is 0. The zero-order valence-corrected chi connectivity index (χ0v) is 37.3. The van der Waals surface area contributed by atoms with Gasteiger partial charge in [-0.15, -0.1) is 0 Å². The Kier molecular flexibility index (Phi) is 14.7. The Balaban J connectivity index is 1.43. The first-order valence-corrected chi connectivity index (χ1v) is 22.7. The van der Waals surface area contributed by atoms with Gasteiger partial charge in [0.25, 0.3) is 0 Å². The van der Waals surface area contributed by atoms with Crippen molar-refractivity contribution in [3.8, 4) is 0 Å². The van der Waals surface area contributed by atoms with Crippen LogP contribution < -0.4 is 0 Å². The fraction of sp³-hybridized carbons (Fsp3) is 0.300. The zero-order chi connectivity index (χ0) is 41.8. The third kappa shape index (κ3) is 11.8. The molecule has 0 unspecified atom stereocenters.